The number of aryl methyl sites for hydroxylation is 2. The predicted octanol–water partition coefficient (Wildman–Crippen LogP) is 3.33. The molecule has 0 spiro atoms. The highest BCUT2D eigenvalue weighted by Crippen LogP contribution is 2.41. The van der Waals surface area contributed by atoms with Crippen molar-refractivity contribution in [1.82, 2.24) is 9.97 Å². The second kappa shape index (κ2) is 8.01. The summed E-state index contributed by atoms with van der Waals surface area (Å²) < 4.78 is 11.9. The molecular formula is C23H28N3O2S+. The number of nitrogens with one attached hydrogen (secondary N) is 1. The second-order valence-electron chi connectivity index (χ2n) is 8.43. The number of ether oxygens (including phenoxy) is 2. The number of hydrogen-bond acceptors (Lipinski definition) is 5. The number of quaternary nitrogens is 1. The number of nitrogens with zero attached hydrogens (tertiary/aromatic N) is 2. The zero-order valence-electron chi connectivity index (χ0n) is 17.2. The first-order valence-corrected chi connectivity index (χ1v) is 11.4. The summed E-state index contributed by atoms with van der Waals surface area (Å²) in [5, 5.41) is 1.14. The minimum absolute atomic E-state index is 0.732. The Bertz CT molecular complexity index is 1030. The van der Waals surface area contributed by atoms with Crippen LogP contribution in [0.3, 0.4) is 0 Å². The van der Waals surface area contributed by atoms with Crippen molar-refractivity contribution in [3.8, 4) is 11.6 Å². The van der Waals surface area contributed by atoms with Crippen LogP contribution < -0.4 is 9.64 Å². The van der Waals surface area contributed by atoms with Gasteiger partial charge in [0.15, 0.2) is 5.82 Å². The van der Waals surface area contributed by atoms with E-state index < -0.39 is 0 Å². The minimum atomic E-state index is 0.732. The molecule has 0 unspecified atom stereocenters. The van der Waals surface area contributed by atoms with Gasteiger partial charge in [-0.05, 0) is 55.4 Å². The molecule has 1 saturated heterocycles. The molecule has 3 aromatic rings. The van der Waals surface area contributed by atoms with Crippen LogP contribution >= 0.6 is 11.3 Å². The van der Waals surface area contributed by atoms with Gasteiger partial charge in [-0.25, -0.2) is 4.98 Å². The topological polar surface area (TPSA) is 48.7 Å². The molecule has 1 fully saturated rings. The molecule has 5 rings (SSSR count). The average Bonchev–Trinajstić information content (AvgIpc) is 3.06. The fourth-order valence-electron chi connectivity index (χ4n) is 4.35. The number of hydrogen-bond donors (Lipinski definition) is 1. The van der Waals surface area contributed by atoms with Crippen LogP contribution in [-0.4, -0.2) is 36.3 Å². The zero-order valence-corrected chi connectivity index (χ0v) is 18.0. The van der Waals surface area contributed by atoms with Gasteiger partial charge in [-0.3, -0.25) is 0 Å². The highest BCUT2D eigenvalue weighted by molar-refractivity contribution is 7.18. The summed E-state index contributed by atoms with van der Waals surface area (Å²) >= 11 is 1.84. The third-order valence-corrected chi connectivity index (χ3v) is 7.13. The number of morpholine rings is 1. The Morgan fingerprint density at radius 1 is 1.24 bits per heavy atom. The van der Waals surface area contributed by atoms with Gasteiger partial charge in [0.1, 0.15) is 30.2 Å². The molecule has 2 aliphatic rings. The number of benzene rings is 1. The molecule has 1 atom stereocenters. The highest BCUT2D eigenvalue weighted by Gasteiger charge is 2.26. The van der Waals surface area contributed by atoms with Gasteiger partial charge in [0, 0.05) is 4.88 Å². The van der Waals surface area contributed by atoms with Gasteiger partial charge >= 0.3 is 0 Å². The normalized spacial score (nSPS) is 20.0. The van der Waals surface area contributed by atoms with E-state index in [-0.39, 0.29) is 0 Å². The first-order chi connectivity index (χ1) is 14.2. The van der Waals surface area contributed by atoms with E-state index in [1.54, 1.807) is 0 Å². The van der Waals surface area contributed by atoms with Crippen molar-refractivity contribution in [2.24, 2.45) is 5.92 Å². The summed E-state index contributed by atoms with van der Waals surface area (Å²) in [7, 11) is 0. The summed E-state index contributed by atoms with van der Waals surface area (Å²) in [6, 6.07) is 8.20. The molecule has 1 aromatic carbocycles. The Morgan fingerprint density at radius 3 is 2.93 bits per heavy atom. The van der Waals surface area contributed by atoms with E-state index in [9.17, 15) is 0 Å². The molecule has 5 nitrogen and oxygen atoms in total. The van der Waals surface area contributed by atoms with E-state index in [4.69, 9.17) is 19.4 Å². The van der Waals surface area contributed by atoms with Crippen molar-refractivity contribution in [2.45, 2.75) is 39.7 Å². The molecule has 152 valence electrons. The molecule has 1 N–H and O–H groups in total. The van der Waals surface area contributed by atoms with Gasteiger partial charge in [-0.1, -0.05) is 19.1 Å². The van der Waals surface area contributed by atoms with Crippen LogP contribution in [0, 0.1) is 12.8 Å². The molecule has 2 aromatic heterocycles. The van der Waals surface area contributed by atoms with Crippen LogP contribution in [0.4, 0.5) is 0 Å². The van der Waals surface area contributed by atoms with E-state index in [2.05, 4.69) is 26.0 Å². The van der Waals surface area contributed by atoms with Crippen molar-refractivity contribution in [3.63, 3.8) is 0 Å². The van der Waals surface area contributed by atoms with Gasteiger partial charge in [0.25, 0.3) is 0 Å². The molecule has 0 saturated carbocycles. The minimum Gasteiger partial charge on any atom is -0.438 e. The van der Waals surface area contributed by atoms with E-state index >= 15 is 0 Å². The first kappa shape index (κ1) is 19.0. The van der Waals surface area contributed by atoms with Crippen molar-refractivity contribution in [3.05, 3.63) is 46.1 Å². The van der Waals surface area contributed by atoms with E-state index in [1.165, 1.54) is 27.3 Å². The van der Waals surface area contributed by atoms with Crippen LogP contribution in [-0.2, 0) is 24.1 Å². The molecule has 1 aliphatic carbocycles. The van der Waals surface area contributed by atoms with Crippen LogP contribution in [0.15, 0.2) is 24.3 Å². The monoisotopic (exact) mass is 410 g/mol. The molecule has 6 heteroatoms. The summed E-state index contributed by atoms with van der Waals surface area (Å²) in [5.41, 5.74) is 2.60. The standard InChI is InChI=1S/C23H27N3O2S/c1-15-4-3-5-17(12-15)28-22-21-18-7-6-16(2)13-19(18)29-23(21)25-20(24-22)14-26-8-10-27-11-9-26/h3-5,12,16H,6-11,13-14H2,1-2H3/p+1/t16-/m0/s1. The Morgan fingerprint density at radius 2 is 2.10 bits per heavy atom. The van der Waals surface area contributed by atoms with Crippen molar-refractivity contribution >= 4 is 21.6 Å². The lowest BCUT2D eigenvalue weighted by Crippen LogP contribution is -3.12. The number of fused-ring (bicyclic) bond motifs is 3. The molecular weight excluding hydrogens is 382 g/mol. The highest BCUT2D eigenvalue weighted by atomic mass is 32.1. The van der Waals surface area contributed by atoms with E-state index in [0.717, 1.165) is 79.3 Å². The Kier molecular flexibility index (Phi) is 5.24. The molecule has 1 aliphatic heterocycles. The largest absolute Gasteiger partial charge is 0.438 e. The van der Waals surface area contributed by atoms with Crippen LogP contribution in [0.1, 0.15) is 35.2 Å². The lowest BCUT2D eigenvalue weighted by atomic mass is 9.89. The third kappa shape index (κ3) is 4.02. The van der Waals surface area contributed by atoms with Crippen LogP contribution in [0.25, 0.3) is 10.2 Å². The Labute approximate surface area is 175 Å². The molecule has 0 bridgehead atoms. The average molecular weight is 411 g/mol. The SMILES string of the molecule is Cc1cccc(Oc2nc(C[NH+]3CCOCC3)nc3sc4c(c23)CC[C@H](C)C4)c1. The van der Waals surface area contributed by atoms with Crippen molar-refractivity contribution < 1.29 is 14.4 Å². The van der Waals surface area contributed by atoms with Gasteiger partial charge in [-0.15, -0.1) is 11.3 Å². The maximum Gasteiger partial charge on any atom is 0.231 e. The van der Waals surface area contributed by atoms with Gasteiger partial charge in [-0.2, -0.15) is 4.98 Å². The van der Waals surface area contributed by atoms with Crippen LogP contribution in [0.2, 0.25) is 0 Å². The van der Waals surface area contributed by atoms with Gasteiger partial charge in [0.05, 0.1) is 18.6 Å². The number of thiophene rings is 1. The Balaban J connectivity index is 1.56. The smallest absolute Gasteiger partial charge is 0.231 e. The van der Waals surface area contributed by atoms with Crippen LogP contribution in [0.5, 0.6) is 11.6 Å². The fraction of sp³-hybridized carbons (Fsp3) is 0.478. The first-order valence-electron chi connectivity index (χ1n) is 10.6. The molecule has 29 heavy (non-hydrogen) atoms. The summed E-state index contributed by atoms with van der Waals surface area (Å²) in [4.78, 5) is 14.0. The Hall–Kier alpha value is -2.02. The summed E-state index contributed by atoms with van der Waals surface area (Å²) in [6.07, 6.45) is 3.46. The maximum atomic E-state index is 6.38. The van der Waals surface area contributed by atoms with Crippen molar-refractivity contribution in [2.75, 3.05) is 26.3 Å². The lowest BCUT2D eigenvalue weighted by Gasteiger charge is -2.23. The van der Waals surface area contributed by atoms with Gasteiger partial charge in [0.2, 0.25) is 5.88 Å². The second-order valence-corrected chi connectivity index (χ2v) is 9.52. The van der Waals surface area contributed by atoms with Gasteiger partial charge < -0.3 is 14.4 Å². The summed E-state index contributed by atoms with van der Waals surface area (Å²) in [5.74, 6) is 3.19. The molecule has 3 heterocycles. The predicted molar refractivity (Wildman–Crippen MR) is 115 cm³/mol. The zero-order chi connectivity index (χ0) is 19.8. The maximum absolute atomic E-state index is 6.38. The summed E-state index contributed by atoms with van der Waals surface area (Å²) in [6.45, 7) is 8.90. The van der Waals surface area contributed by atoms with Crippen molar-refractivity contribution in [1.29, 1.82) is 0 Å². The quantitative estimate of drug-likeness (QED) is 0.717. The molecule has 0 amide bonds. The fourth-order valence-corrected chi connectivity index (χ4v) is 5.75. The number of rotatable bonds is 4. The third-order valence-electron chi connectivity index (χ3n) is 5.98. The van der Waals surface area contributed by atoms with E-state index in [1.807, 2.05) is 23.5 Å². The van der Waals surface area contributed by atoms with E-state index in [0.29, 0.717) is 0 Å². The lowest BCUT2D eigenvalue weighted by molar-refractivity contribution is -0.922. The number of aromatic nitrogens is 2. The molecule has 0 radical (unpaired) electrons.